The van der Waals surface area contributed by atoms with E-state index in [1.165, 1.54) is 26.2 Å². The third-order valence-electron chi connectivity index (χ3n) is 2.54. The molecule has 0 aliphatic carbocycles. The predicted molar refractivity (Wildman–Crippen MR) is 55.4 cm³/mol. The van der Waals surface area contributed by atoms with Gasteiger partial charge in [0.1, 0.15) is 0 Å². The average Bonchev–Trinajstić information content (AvgIpc) is 2.06. The first-order valence-electron chi connectivity index (χ1n) is 4.78. The van der Waals surface area contributed by atoms with Crippen molar-refractivity contribution in [3.8, 4) is 0 Å². The van der Waals surface area contributed by atoms with Crippen LogP contribution in [0.3, 0.4) is 0 Å². The van der Waals surface area contributed by atoms with Gasteiger partial charge in [0.2, 0.25) is 0 Å². The van der Waals surface area contributed by atoms with Crippen molar-refractivity contribution in [1.82, 2.24) is 9.80 Å². The fourth-order valence-electron chi connectivity index (χ4n) is 1.63. The minimum absolute atomic E-state index is 0. The maximum absolute atomic E-state index is 4.96. The quantitative estimate of drug-likeness (QED) is 0.700. The Labute approximate surface area is 101 Å². The second-order valence-electron chi connectivity index (χ2n) is 3.68. The molecule has 79 valence electrons. The van der Waals surface area contributed by atoms with Crippen molar-refractivity contribution in [1.29, 1.82) is 0 Å². The van der Waals surface area contributed by atoms with E-state index in [0.717, 1.165) is 12.3 Å². The molecular formula is C9H19N2STc-. The van der Waals surface area contributed by atoms with Gasteiger partial charge < -0.3 is 17.5 Å². The molecule has 0 amide bonds. The molecule has 1 radical (unpaired) electrons. The normalized spacial score (nSPS) is 20.3. The van der Waals surface area contributed by atoms with Crippen LogP contribution in [-0.2, 0) is 32.7 Å². The Bertz CT molecular complexity index is 125. The largest absolute Gasteiger partial charge is 0.791 e. The van der Waals surface area contributed by atoms with Crippen LogP contribution in [0.2, 0.25) is 0 Å². The Morgan fingerprint density at radius 2 is 1.69 bits per heavy atom. The molecule has 0 aromatic heterocycles. The van der Waals surface area contributed by atoms with Gasteiger partial charge in [0.05, 0.1) is 0 Å². The number of rotatable bonds is 3. The monoisotopic (exact) mass is 284 g/mol. The van der Waals surface area contributed by atoms with Crippen LogP contribution in [0.5, 0.6) is 0 Å². The average molecular weight is 285 g/mol. The minimum atomic E-state index is 0. The third kappa shape index (κ3) is 4.80. The summed E-state index contributed by atoms with van der Waals surface area (Å²) in [6.45, 7) is 10.5. The first-order chi connectivity index (χ1) is 5.74. The van der Waals surface area contributed by atoms with Gasteiger partial charge in [-0.2, -0.15) is 5.75 Å². The van der Waals surface area contributed by atoms with Crippen molar-refractivity contribution in [3.05, 3.63) is 0 Å². The Morgan fingerprint density at radius 3 is 2.08 bits per heavy atom. The van der Waals surface area contributed by atoms with E-state index in [9.17, 15) is 0 Å². The van der Waals surface area contributed by atoms with Crippen molar-refractivity contribution in [3.63, 3.8) is 0 Å². The van der Waals surface area contributed by atoms with E-state index in [1.807, 2.05) is 0 Å². The van der Waals surface area contributed by atoms with Gasteiger partial charge in [-0.3, -0.25) is 4.90 Å². The van der Waals surface area contributed by atoms with Crippen LogP contribution >= 0.6 is 0 Å². The predicted octanol–water partition coefficient (Wildman–Crippen LogP) is 0.557. The van der Waals surface area contributed by atoms with Gasteiger partial charge in [0.25, 0.3) is 0 Å². The molecule has 1 rings (SSSR count). The zero-order chi connectivity index (χ0) is 8.97. The molecule has 0 atom stereocenters. The molecule has 0 unspecified atom stereocenters. The summed E-state index contributed by atoms with van der Waals surface area (Å²) in [7, 11) is 0. The van der Waals surface area contributed by atoms with Crippen LogP contribution in [0.4, 0.5) is 0 Å². The third-order valence-corrected chi connectivity index (χ3v) is 2.73. The number of hydrogen-bond donors (Lipinski definition) is 0. The fourth-order valence-corrected chi connectivity index (χ4v) is 1.89. The first kappa shape index (κ1) is 13.9. The second-order valence-corrected chi connectivity index (χ2v) is 4.08. The van der Waals surface area contributed by atoms with E-state index in [0.29, 0.717) is 6.04 Å². The summed E-state index contributed by atoms with van der Waals surface area (Å²) in [6.07, 6.45) is 0. The fraction of sp³-hybridized carbons (Fsp3) is 1.00. The first-order valence-corrected chi connectivity index (χ1v) is 5.36. The molecule has 1 heterocycles. The molecule has 0 spiro atoms. The maximum atomic E-state index is 4.96. The molecule has 1 aliphatic rings. The summed E-state index contributed by atoms with van der Waals surface area (Å²) in [5.41, 5.74) is 0. The molecular weight excluding hydrogens is 266 g/mol. The molecule has 1 fully saturated rings. The molecule has 0 N–H and O–H groups in total. The minimum Gasteiger partial charge on any atom is -0.791 e. The summed E-state index contributed by atoms with van der Waals surface area (Å²) in [4.78, 5) is 4.99. The zero-order valence-corrected chi connectivity index (χ0v) is 11.2. The number of piperazine rings is 1. The molecule has 13 heavy (non-hydrogen) atoms. The smallest absolute Gasteiger partial charge is 0.0113 e. The van der Waals surface area contributed by atoms with E-state index in [-0.39, 0.29) is 20.1 Å². The van der Waals surface area contributed by atoms with Crippen LogP contribution in [0, 0.1) is 0 Å². The second kappa shape index (κ2) is 7.24. The summed E-state index contributed by atoms with van der Waals surface area (Å²) in [5.74, 6) is 0.877. The Balaban J connectivity index is 0.00000144. The van der Waals surface area contributed by atoms with Gasteiger partial charge in [0.15, 0.2) is 0 Å². The molecule has 0 bridgehead atoms. The molecule has 0 saturated carbocycles. The van der Waals surface area contributed by atoms with E-state index >= 15 is 0 Å². The van der Waals surface area contributed by atoms with E-state index < -0.39 is 0 Å². The van der Waals surface area contributed by atoms with Crippen LogP contribution in [0.25, 0.3) is 0 Å². The molecule has 2 nitrogen and oxygen atoms in total. The molecule has 0 aromatic carbocycles. The molecule has 1 saturated heterocycles. The molecule has 0 aromatic rings. The summed E-state index contributed by atoms with van der Waals surface area (Å²) >= 11 is 4.96. The summed E-state index contributed by atoms with van der Waals surface area (Å²) in [5, 5.41) is 0. The summed E-state index contributed by atoms with van der Waals surface area (Å²) in [6, 6.07) is 0.704. The van der Waals surface area contributed by atoms with Gasteiger partial charge in [0, 0.05) is 52.3 Å². The van der Waals surface area contributed by atoms with Gasteiger partial charge in [-0.1, -0.05) is 0 Å². The Hall–Kier alpha value is 0.919. The zero-order valence-electron chi connectivity index (χ0n) is 8.50. The standard InChI is InChI=1S/C9H20N2S.Tc/c1-9(2)11-5-3-10(4-6-11)7-8-12;/h9,12H,3-8H2,1-2H3;/p-1. The van der Waals surface area contributed by atoms with Crippen LogP contribution in [0.15, 0.2) is 0 Å². The maximum Gasteiger partial charge on any atom is 0.0113 e. The van der Waals surface area contributed by atoms with Crippen molar-refractivity contribution in [2.45, 2.75) is 19.9 Å². The number of hydrogen-bond acceptors (Lipinski definition) is 3. The van der Waals surface area contributed by atoms with Gasteiger partial charge in [-0.15, -0.1) is 0 Å². The van der Waals surface area contributed by atoms with Crippen molar-refractivity contribution < 1.29 is 20.1 Å². The van der Waals surface area contributed by atoms with Gasteiger partial charge >= 0.3 is 0 Å². The van der Waals surface area contributed by atoms with Crippen LogP contribution < -0.4 is 0 Å². The molecule has 4 heteroatoms. The van der Waals surface area contributed by atoms with Crippen LogP contribution in [0.1, 0.15) is 13.8 Å². The van der Waals surface area contributed by atoms with Gasteiger partial charge in [-0.25, -0.2) is 0 Å². The van der Waals surface area contributed by atoms with E-state index in [4.69, 9.17) is 12.6 Å². The Kier molecular flexibility index (Phi) is 7.75. The van der Waals surface area contributed by atoms with Crippen molar-refractivity contribution in [2.24, 2.45) is 0 Å². The van der Waals surface area contributed by atoms with Crippen LogP contribution in [-0.4, -0.2) is 54.3 Å². The van der Waals surface area contributed by atoms with Gasteiger partial charge in [-0.05, 0) is 20.4 Å². The van der Waals surface area contributed by atoms with E-state index in [1.54, 1.807) is 0 Å². The summed E-state index contributed by atoms with van der Waals surface area (Å²) < 4.78 is 0. The van der Waals surface area contributed by atoms with Crippen molar-refractivity contribution in [2.75, 3.05) is 38.5 Å². The number of nitrogens with zero attached hydrogens (tertiary/aromatic N) is 2. The Morgan fingerprint density at radius 1 is 1.15 bits per heavy atom. The van der Waals surface area contributed by atoms with E-state index in [2.05, 4.69) is 23.6 Å². The topological polar surface area (TPSA) is 6.48 Å². The molecule has 1 aliphatic heterocycles. The SMILES string of the molecule is CC(C)N1CCN(CC[S-])CC1.[Tc]. The van der Waals surface area contributed by atoms with Crippen molar-refractivity contribution >= 4 is 12.6 Å².